The van der Waals surface area contributed by atoms with Gasteiger partial charge in [0.1, 0.15) is 0 Å². The van der Waals surface area contributed by atoms with Gasteiger partial charge in [-0.15, -0.1) is 0 Å². The van der Waals surface area contributed by atoms with Crippen LogP contribution in [0.4, 0.5) is 0 Å². The second-order valence-corrected chi connectivity index (χ2v) is 3.65. The van der Waals surface area contributed by atoms with E-state index < -0.39 is 5.60 Å². The number of aliphatic hydroxyl groups is 1. The van der Waals surface area contributed by atoms with Gasteiger partial charge < -0.3 is 14.3 Å². The van der Waals surface area contributed by atoms with Gasteiger partial charge in [0, 0.05) is 19.6 Å². The van der Waals surface area contributed by atoms with Crippen LogP contribution in [0, 0.1) is 0 Å². The highest BCUT2D eigenvalue weighted by Crippen LogP contribution is 2.24. The Morgan fingerprint density at radius 3 is 2.77 bits per heavy atom. The number of furan rings is 1. The molecule has 1 fully saturated rings. The van der Waals surface area contributed by atoms with Gasteiger partial charge in [0.05, 0.1) is 18.1 Å². The molecule has 0 atom stereocenters. The van der Waals surface area contributed by atoms with Crippen molar-refractivity contribution in [3.05, 3.63) is 24.2 Å². The van der Waals surface area contributed by atoms with Gasteiger partial charge in [-0.05, 0) is 24.5 Å². The molecule has 3 heteroatoms. The molecule has 2 rings (SSSR count). The Balaban J connectivity index is 1.99. The van der Waals surface area contributed by atoms with Gasteiger partial charge in [0.2, 0.25) is 0 Å². The van der Waals surface area contributed by atoms with Crippen LogP contribution in [-0.4, -0.2) is 23.9 Å². The minimum Gasteiger partial charge on any atom is -0.472 e. The average Bonchev–Trinajstić information content (AvgIpc) is 2.57. The second kappa shape index (κ2) is 3.52. The van der Waals surface area contributed by atoms with E-state index in [-0.39, 0.29) is 0 Å². The Bertz CT molecular complexity index is 247. The van der Waals surface area contributed by atoms with Gasteiger partial charge in [-0.1, -0.05) is 0 Å². The fourth-order valence-corrected chi connectivity index (χ4v) is 1.70. The van der Waals surface area contributed by atoms with Crippen LogP contribution in [0.3, 0.4) is 0 Å². The molecular weight excluding hydrogens is 168 g/mol. The van der Waals surface area contributed by atoms with Crippen LogP contribution in [0.15, 0.2) is 23.0 Å². The van der Waals surface area contributed by atoms with Crippen molar-refractivity contribution in [2.75, 3.05) is 13.2 Å². The first-order valence-corrected chi connectivity index (χ1v) is 4.60. The summed E-state index contributed by atoms with van der Waals surface area (Å²) in [6.45, 7) is 1.32. The molecule has 72 valence electrons. The topological polar surface area (TPSA) is 42.6 Å². The first kappa shape index (κ1) is 8.78. The van der Waals surface area contributed by atoms with Crippen molar-refractivity contribution in [2.24, 2.45) is 0 Å². The molecule has 1 aromatic heterocycles. The molecule has 0 unspecified atom stereocenters. The van der Waals surface area contributed by atoms with Gasteiger partial charge in [0.15, 0.2) is 0 Å². The second-order valence-electron chi connectivity index (χ2n) is 3.65. The Hall–Kier alpha value is -0.800. The summed E-state index contributed by atoms with van der Waals surface area (Å²) < 4.78 is 10.2. The van der Waals surface area contributed by atoms with Crippen LogP contribution in [-0.2, 0) is 11.2 Å². The van der Waals surface area contributed by atoms with E-state index in [0.29, 0.717) is 19.6 Å². The lowest BCUT2D eigenvalue weighted by atomic mass is 9.88. The lowest BCUT2D eigenvalue weighted by molar-refractivity contribution is -0.0626. The summed E-state index contributed by atoms with van der Waals surface area (Å²) in [6, 6.07) is 1.90. The molecule has 1 saturated heterocycles. The van der Waals surface area contributed by atoms with E-state index in [2.05, 4.69) is 0 Å². The van der Waals surface area contributed by atoms with Crippen LogP contribution in [0.5, 0.6) is 0 Å². The van der Waals surface area contributed by atoms with Gasteiger partial charge in [0.25, 0.3) is 0 Å². The lowest BCUT2D eigenvalue weighted by Gasteiger charge is -2.31. The first-order chi connectivity index (χ1) is 6.29. The first-order valence-electron chi connectivity index (χ1n) is 4.60. The highest BCUT2D eigenvalue weighted by Gasteiger charge is 2.30. The Labute approximate surface area is 77.3 Å². The van der Waals surface area contributed by atoms with Crippen molar-refractivity contribution < 1.29 is 14.3 Å². The fourth-order valence-electron chi connectivity index (χ4n) is 1.70. The summed E-state index contributed by atoms with van der Waals surface area (Å²) in [4.78, 5) is 0. The maximum absolute atomic E-state index is 10.1. The molecule has 1 aliphatic heterocycles. The minimum atomic E-state index is -0.581. The number of ether oxygens (including phenoxy) is 1. The van der Waals surface area contributed by atoms with E-state index in [1.54, 1.807) is 12.5 Å². The molecule has 0 radical (unpaired) electrons. The van der Waals surface area contributed by atoms with Gasteiger partial charge in [-0.2, -0.15) is 0 Å². The zero-order valence-corrected chi connectivity index (χ0v) is 7.53. The monoisotopic (exact) mass is 182 g/mol. The normalized spacial score (nSPS) is 21.6. The molecule has 0 aromatic carbocycles. The highest BCUT2D eigenvalue weighted by molar-refractivity contribution is 5.09. The maximum Gasteiger partial charge on any atom is 0.0935 e. The van der Waals surface area contributed by atoms with E-state index in [4.69, 9.17) is 9.15 Å². The molecule has 1 aliphatic rings. The summed E-state index contributed by atoms with van der Waals surface area (Å²) in [5, 5.41) is 10.1. The highest BCUT2D eigenvalue weighted by atomic mass is 16.5. The Morgan fingerprint density at radius 1 is 1.38 bits per heavy atom. The molecule has 0 spiro atoms. The molecular formula is C10H14O3. The van der Waals surface area contributed by atoms with E-state index >= 15 is 0 Å². The van der Waals surface area contributed by atoms with Crippen molar-refractivity contribution in [3.8, 4) is 0 Å². The number of hydrogen-bond donors (Lipinski definition) is 1. The molecule has 0 aliphatic carbocycles. The largest absolute Gasteiger partial charge is 0.472 e. The third kappa shape index (κ3) is 2.11. The average molecular weight is 182 g/mol. The molecule has 3 nitrogen and oxygen atoms in total. The summed E-state index contributed by atoms with van der Waals surface area (Å²) in [6.07, 6.45) is 5.44. The third-order valence-corrected chi connectivity index (χ3v) is 2.54. The standard InChI is InChI=1S/C10H14O3/c11-10(2-5-12-6-3-10)7-9-1-4-13-8-9/h1,4,8,11H,2-3,5-7H2. The smallest absolute Gasteiger partial charge is 0.0935 e. The van der Waals surface area contributed by atoms with Crippen molar-refractivity contribution in [1.82, 2.24) is 0 Å². The summed E-state index contributed by atoms with van der Waals surface area (Å²) in [5.41, 5.74) is 0.478. The molecule has 0 bridgehead atoms. The fraction of sp³-hybridized carbons (Fsp3) is 0.600. The van der Waals surface area contributed by atoms with Crippen molar-refractivity contribution in [2.45, 2.75) is 24.9 Å². The van der Waals surface area contributed by atoms with Gasteiger partial charge >= 0.3 is 0 Å². The van der Waals surface area contributed by atoms with Crippen LogP contribution in [0.25, 0.3) is 0 Å². The Kier molecular flexibility index (Phi) is 2.38. The molecule has 13 heavy (non-hydrogen) atoms. The number of hydrogen-bond acceptors (Lipinski definition) is 3. The van der Waals surface area contributed by atoms with Crippen molar-refractivity contribution in [3.63, 3.8) is 0 Å². The zero-order chi connectivity index (χ0) is 9.15. The van der Waals surface area contributed by atoms with E-state index in [1.165, 1.54) is 0 Å². The lowest BCUT2D eigenvalue weighted by Crippen LogP contribution is -2.38. The number of rotatable bonds is 2. The summed E-state index contributed by atoms with van der Waals surface area (Å²) >= 11 is 0. The van der Waals surface area contributed by atoms with E-state index in [9.17, 15) is 5.11 Å². The zero-order valence-electron chi connectivity index (χ0n) is 7.53. The predicted molar refractivity (Wildman–Crippen MR) is 47.4 cm³/mol. The molecule has 0 amide bonds. The molecule has 1 aromatic rings. The molecule has 0 saturated carbocycles. The third-order valence-electron chi connectivity index (χ3n) is 2.54. The SMILES string of the molecule is OC1(Cc2ccoc2)CCOCC1. The van der Waals surface area contributed by atoms with Crippen LogP contribution in [0.2, 0.25) is 0 Å². The summed E-state index contributed by atoms with van der Waals surface area (Å²) in [5.74, 6) is 0. The Morgan fingerprint density at radius 2 is 2.15 bits per heavy atom. The molecule has 1 N–H and O–H groups in total. The van der Waals surface area contributed by atoms with E-state index in [1.807, 2.05) is 6.07 Å². The molecule has 2 heterocycles. The van der Waals surface area contributed by atoms with Crippen molar-refractivity contribution in [1.29, 1.82) is 0 Å². The maximum atomic E-state index is 10.1. The van der Waals surface area contributed by atoms with Gasteiger partial charge in [-0.25, -0.2) is 0 Å². The quantitative estimate of drug-likeness (QED) is 0.751. The van der Waals surface area contributed by atoms with Crippen LogP contribution >= 0.6 is 0 Å². The minimum absolute atomic E-state index is 0.581. The predicted octanol–water partition coefficient (Wildman–Crippen LogP) is 1.36. The van der Waals surface area contributed by atoms with Crippen LogP contribution < -0.4 is 0 Å². The van der Waals surface area contributed by atoms with Crippen molar-refractivity contribution >= 4 is 0 Å². The summed E-state index contributed by atoms with van der Waals surface area (Å²) in [7, 11) is 0. The van der Waals surface area contributed by atoms with Gasteiger partial charge in [-0.3, -0.25) is 0 Å². The van der Waals surface area contributed by atoms with E-state index in [0.717, 1.165) is 18.4 Å². The van der Waals surface area contributed by atoms with Crippen LogP contribution in [0.1, 0.15) is 18.4 Å².